The summed E-state index contributed by atoms with van der Waals surface area (Å²) in [5, 5.41) is 32.4. The number of carbonyl (C=O) groups is 12. The summed E-state index contributed by atoms with van der Waals surface area (Å²) in [5.41, 5.74) is 4.35. The fourth-order valence-electron chi connectivity index (χ4n) is 9.73. The van der Waals surface area contributed by atoms with Gasteiger partial charge in [-0.2, -0.15) is 0 Å². The third-order valence-corrected chi connectivity index (χ3v) is 31.6. The van der Waals surface area contributed by atoms with E-state index in [1.807, 2.05) is 122 Å². The first-order chi connectivity index (χ1) is 67.9. The van der Waals surface area contributed by atoms with Gasteiger partial charge in [0.25, 0.3) is 34.1 Å². The van der Waals surface area contributed by atoms with Crippen molar-refractivity contribution in [3.8, 4) is 0 Å². The van der Waals surface area contributed by atoms with E-state index >= 15 is 0 Å². The molecular weight excluding hydrogens is 2680 g/mol. The van der Waals surface area contributed by atoms with E-state index in [1.54, 1.807) is 172 Å². The molecule has 0 aliphatic heterocycles. The molecule has 0 spiro atoms. The van der Waals surface area contributed by atoms with Crippen LogP contribution in [0.1, 0.15) is 104 Å². The zero-order valence-electron chi connectivity index (χ0n) is 87.7. The van der Waals surface area contributed by atoms with Crippen LogP contribution in [0.15, 0.2) is 212 Å². The molecule has 0 unspecified atom stereocenters. The number of amides is 7. The Balaban J connectivity index is -0.000000206. The Morgan fingerprint density at radius 3 is 0.858 bits per heavy atom. The summed E-state index contributed by atoms with van der Waals surface area (Å²) < 4.78 is 70.3. The van der Waals surface area contributed by atoms with Crippen molar-refractivity contribution in [1.29, 1.82) is 0 Å². The van der Waals surface area contributed by atoms with E-state index in [2.05, 4.69) is 141 Å². The topological polar surface area (TPSA) is 471 Å². The maximum atomic E-state index is 12.3. The molecule has 148 heavy (non-hydrogen) atoms. The molecule has 49 heteroatoms. The van der Waals surface area contributed by atoms with Crippen molar-refractivity contribution in [3.05, 3.63) is 288 Å². The summed E-state index contributed by atoms with van der Waals surface area (Å²) in [5.74, 6) is -0.816. The molecule has 0 saturated heterocycles. The van der Waals surface area contributed by atoms with Gasteiger partial charge in [-0.25, -0.2) is 4.79 Å². The molecule has 830 valence electrons. The number of benzene rings is 8. The molecule has 0 atom stereocenters. The third-order valence-electron chi connectivity index (χ3n) is 17.2. The molecule has 0 aliphatic rings. The molecule has 7 amide bonds. The van der Waals surface area contributed by atoms with Gasteiger partial charge in [-0.15, -0.1) is 48.8 Å². The van der Waals surface area contributed by atoms with Gasteiger partial charge in [0.2, 0.25) is 0 Å². The molecular formula is C99H144Cl4F2I4N10O27Sn2. The van der Waals surface area contributed by atoms with Crippen LogP contribution in [0.25, 0.3) is 0 Å². The Morgan fingerprint density at radius 2 is 0.622 bits per heavy atom. The quantitative estimate of drug-likeness (QED) is 0.00404. The molecule has 0 fully saturated rings. The second kappa shape index (κ2) is 96.2. The number of hydrogen-bond acceptors (Lipinski definition) is 28. The van der Waals surface area contributed by atoms with Crippen LogP contribution >= 0.6 is 140 Å². The number of alkyl halides is 1. The Labute approximate surface area is 956 Å². The first-order valence-electron chi connectivity index (χ1n) is 43.3. The predicted octanol–water partition coefficient (Wildman–Crippen LogP) is 15.6. The maximum absolute atomic E-state index is 12.3. The van der Waals surface area contributed by atoms with Crippen LogP contribution < -0.4 is 39.1 Å². The van der Waals surface area contributed by atoms with Crippen molar-refractivity contribution >= 4 is 255 Å². The van der Waals surface area contributed by atoms with E-state index in [4.69, 9.17) is 95.5 Å². The predicted molar refractivity (Wildman–Crippen MR) is 620 cm³/mol. The number of likely N-dealkylation sites (N-methyl/N-ethyl adjacent to an activating group) is 3. The van der Waals surface area contributed by atoms with Crippen molar-refractivity contribution in [2.45, 2.75) is 87.5 Å². The summed E-state index contributed by atoms with van der Waals surface area (Å²) >= 11 is 12.9. The number of methoxy groups -OCH3 is 10. The number of carbonyl (C=O) groups excluding carboxylic acids is 12. The number of nitrogens with zero attached hydrogens (tertiary/aromatic N) is 4. The first-order valence-corrected chi connectivity index (χ1v) is 67.3. The fourth-order valence-corrected chi connectivity index (χ4v) is 17.7. The Morgan fingerprint density at radius 1 is 0.399 bits per heavy atom. The molecule has 8 rings (SSSR count). The number of aldehydes is 3. The molecule has 8 aromatic rings. The molecule has 0 heterocycles. The molecule has 37 nitrogen and oxygen atoms in total. The van der Waals surface area contributed by atoms with Crippen LogP contribution in [0.2, 0.25) is 29.6 Å². The minimum absolute atomic E-state index is 0. The average molecular weight is 2820 g/mol. The molecule has 6 N–H and O–H groups in total. The number of nitro groups is 2. The summed E-state index contributed by atoms with van der Waals surface area (Å²) in [7, 11) is 23.2. The summed E-state index contributed by atoms with van der Waals surface area (Å²) in [6, 6.07) is 64.0. The van der Waals surface area contributed by atoms with Crippen LogP contribution in [0.4, 0.5) is 13.9 Å². The van der Waals surface area contributed by atoms with Gasteiger partial charge in [0, 0.05) is 124 Å². The molecule has 0 aliphatic carbocycles. The number of nitrogens with one attached hydrogen (secondary N) is 6. The normalized spacial score (nSPS) is 9.81. The standard InChI is InChI=1S/C12H16INO3.C12H16NO3.C11H15NO3.C9H8INO2.C9H19NO4.C9H9NO2.C9H8NO2.C7H4ClIO.C7H5ClO.C5H13NO2.CH3F.2CH3NO2.6CH3.2ClH.FH.HI.2Sn/c1-14(8-11(16-2)17-3)12(15)9-4-6-10(13)7-5-9;1-13(9-11(15-2)16-3)12(14)10-7-5-4-6-8-10;1-14-10(15-2)8-12-11(13)9-6-4-3-5-7-9;10-8-3-1-7(2-4-8)9(13)11-5-6-12;1-9(2,3)14-8(11)10-6-7(12-4)13-5;2*11-7-6-10-9(12)8-4-2-1-3-5-8;8-7(10)5-1-3-6(9)4-2-5;8-7(9)6-4-2-1-3-5-6;1-6-4-5(7-2)8-3;1-2;2*1-2(3)4;;;;;;;;;;;;/h4-7,11H,8H2,1-3H3;5-8,11H,9H2,1-3H3;3-7,10H,8H2,1-2H3,(H,12,13);1-4,6H,5H2,(H,11,13);7H,6H2,1-5H3,(H,10,11);1-5,7H,6H2,(H,10,12);2-5,7H,6H2,(H,10,12);1-4H;1-5H;5-6H,4H2,1-3H3;1H3;2*1H3;6*1H3;4*1H;;/i;;;10-4;;;;;;;2-1;;;;;;;;;;;1-1;1-4;;. The van der Waals surface area contributed by atoms with E-state index in [0.717, 1.165) is 31.4 Å². The van der Waals surface area contributed by atoms with Gasteiger partial charge < -0.3 is 83.7 Å². The molecule has 0 aromatic heterocycles. The summed E-state index contributed by atoms with van der Waals surface area (Å²) in [4.78, 5) is 166. The van der Waals surface area contributed by atoms with Gasteiger partial charge in [-0.05, 0) is 216 Å². The molecule has 0 saturated carbocycles. The number of rotatable bonds is 36. The number of alkyl carbamates (subject to hydrolysis) is 1. The molecule has 8 aromatic carbocycles. The van der Waals surface area contributed by atoms with Crippen LogP contribution in [0, 0.1) is 30.9 Å². The second-order valence-corrected chi connectivity index (χ2v) is 64.8. The van der Waals surface area contributed by atoms with Crippen LogP contribution in [0.5, 0.6) is 0 Å². The van der Waals surface area contributed by atoms with Crippen molar-refractivity contribution in [1.82, 2.24) is 41.7 Å². The van der Waals surface area contributed by atoms with Crippen molar-refractivity contribution in [2.24, 2.45) is 0 Å². The van der Waals surface area contributed by atoms with Crippen LogP contribution in [-0.2, 0) is 66.5 Å². The monoisotopic (exact) mass is 2820 g/mol. The zero-order chi connectivity index (χ0) is 111. The first kappa shape index (κ1) is 158. The van der Waals surface area contributed by atoms with E-state index in [1.165, 1.54) is 35.6 Å². The van der Waals surface area contributed by atoms with Gasteiger partial charge in [-0.1, -0.05) is 66.7 Å². The Bertz CT molecular complexity index is 4870. The summed E-state index contributed by atoms with van der Waals surface area (Å²) in [6.45, 7) is 7.74. The third kappa shape index (κ3) is 83.7. The Kier molecular flexibility index (Phi) is 102. The van der Waals surface area contributed by atoms with E-state index in [-0.39, 0.29) is 121 Å². The number of hydrogen-bond donors (Lipinski definition) is 6. The van der Waals surface area contributed by atoms with Gasteiger partial charge in [-0.3, -0.25) is 58.1 Å². The van der Waals surface area contributed by atoms with E-state index in [0.29, 0.717) is 90.2 Å². The van der Waals surface area contributed by atoms with Crippen LogP contribution in [0.3, 0.4) is 0 Å². The average Bonchev–Trinajstić information content (AvgIpc) is 0.790. The van der Waals surface area contributed by atoms with Gasteiger partial charge in [0.05, 0.1) is 39.9 Å². The minimum atomic E-state index is -2.04. The Hall–Kier alpha value is -7.90. The van der Waals surface area contributed by atoms with Crippen molar-refractivity contribution < 1.29 is 129 Å². The SMILES string of the molecule is CNCC(OC)OC.COC(CN(C)C(=O)c1cc[c]([Sn]([CH3])([CH3])[CH3])cc1)OC.COC(CN(C)C(=O)c1ccc(I)cc1)OC.COC(CNC(=O)OC(C)(C)C)OC.COC(CNC(=O)c1ccccc1)OC.C[18F].C[N+](=O)[O-].C[N+](=O)[O-].Cl.Cl.O=C(Cl)c1ccc(I)cc1.O=C(Cl)c1ccccc1.O=CCNC(=O)c1ccc([123I])cc1.O=CCNC(=O)c1ccccc1.[123IH].[18FH].[CH3][Sn]([CH3])([CH3])[c]1ccc(C(=O)NCC=O)cc1. The van der Waals surface area contributed by atoms with Gasteiger partial charge in [0.15, 0.2) is 39.3 Å². The van der Waals surface area contributed by atoms with E-state index < -0.39 is 93.9 Å². The second-order valence-electron chi connectivity index (χ2n) is 31.4. The van der Waals surface area contributed by atoms with E-state index in [9.17, 15) is 61.9 Å². The van der Waals surface area contributed by atoms with Crippen LogP contribution in [-0.4, -0.2) is 330 Å². The van der Waals surface area contributed by atoms with Gasteiger partial charge in [0.1, 0.15) is 18.2 Å². The number of halogens is 10. The molecule has 0 radical (unpaired) electrons. The molecule has 0 bridgehead atoms. The fraction of sp³-hybridized carbons (Fsp3) is 0.394. The van der Waals surface area contributed by atoms with Crippen molar-refractivity contribution in [2.75, 3.05) is 166 Å². The summed E-state index contributed by atoms with van der Waals surface area (Å²) in [6.07, 6.45) is -0.234. The van der Waals surface area contributed by atoms with Crippen molar-refractivity contribution in [3.63, 3.8) is 0 Å². The number of ether oxygens (including phenoxy) is 11. The zero-order valence-corrected chi connectivity index (χ0v) is 105. The van der Waals surface area contributed by atoms with Gasteiger partial charge >= 0.3 is 232 Å².